The number of fused-ring (bicyclic) bond motifs is 1. The number of carbonyl (C=O) groups excluding carboxylic acids is 3. The number of halogens is 1. The second-order valence-electron chi connectivity index (χ2n) is 10.1. The van der Waals surface area contributed by atoms with Crippen LogP contribution in [0.5, 0.6) is 0 Å². The van der Waals surface area contributed by atoms with E-state index in [1.807, 2.05) is 24.3 Å². The predicted molar refractivity (Wildman–Crippen MR) is 155 cm³/mol. The summed E-state index contributed by atoms with van der Waals surface area (Å²) in [5.74, 6) is -2.20. The Hall–Kier alpha value is -2.04. The van der Waals surface area contributed by atoms with Crippen molar-refractivity contribution in [1.82, 2.24) is 4.90 Å². The first-order chi connectivity index (χ1) is 18.2. The normalized spacial score (nSPS) is 30.2. The topological polar surface area (TPSA) is 90.4 Å². The van der Waals surface area contributed by atoms with Crippen molar-refractivity contribution >= 4 is 56.9 Å². The molecule has 10 heteroatoms. The van der Waals surface area contributed by atoms with Gasteiger partial charge in [-0.15, -0.1) is 18.3 Å². The Labute approximate surface area is 237 Å². The molecule has 1 spiro atoms. The summed E-state index contributed by atoms with van der Waals surface area (Å²) >= 11 is 5.31. The van der Waals surface area contributed by atoms with Crippen molar-refractivity contribution in [3.63, 3.8) is 0 Å². The lowest BCUT2D eigenvalue weighted by molar-refractivity contribution is -0.154. The zero-order chi connectivity index (χ0) is 27.8. The minimum atomic E-state index is -0.834. The van der Waals surface area contributed by atoms with E-state index in [2.05, 4.69) is 41.3 Å². The minimum absolute atomic E-state index is 0.0353. The van der Waals surface area contributed by atoms with Gasteiger partial charge in [0.25, 0.3) is 5.91 Å². The highest BCUT2D eigenvalue weighted by Gasteiger charge is 2.76. The summed E-state index contributed by atoms with van der Waals surface area (Å²) < 4.78 is 4.60. The van der Waals surface area contributed by atoms with Crippen LogP contribution in [0.15, 0.2) is 36.9 Å². The van der Waals surface area contributed by atoms with Gasteiger partial charge in [-0.25, -0.2) is 0 Å². The number of thioether (sulfide) groups is 1. The molecule has 0 aromatic heterocycles. The van der Waals surface area contributed by atoms with Crippen molar-refractivity contribution in [3.05, 3.63) is 36.9 Å². The van der Waals surface area contributed by atoms with E-state index in [0.29, 0.717) is 12.1 Å². The highest BCUT2D eigenvalue weighted by molar-refractivity contribution is 9.09. The highest BCUT2D eigenvalue weighted by Crippen LogP contribution is 2.68. The monoisotopic (exact) mass is 607 g/mol. The number of amides is 2. The molecule has 7 atom stereocenters. The van der Waals surface area contributed by atoms with Crippen LogP contribution in [0.25, 0.3) is 0 Å². The number of hydrogen-bond donors (Lipinski definition) is 1. The van der Waals surface area contributed by atoms with Crippen LogP contribution in [-0.2, 0) is 19.1 Å². The minimum Gasteiger partial charge on any atom is -0.466 e. The molecule has 0 aliphatic carbocycles. The van der Waals surface area contributed by atoms with Crippen LogP contribution in [0, 0.1) is 11.8 Å². The molecule has 3 heterocycles. The zero-order valence-corrected chi connectivity index (χ0v) is 24.9. The van der Waals surface area contributed by atoms with Gasteiger partial charge in [-0.05, 0) is 58.4 Å². The molecule has 3 unspecified atom stereocenters. The van der Waals surface area contributed by atoms with E-state index in [1.54, 1.807) is 36.6 Å². The molecule has 1 aromatic carbocycles. The van der Waals surface area contributed by atoms with Gasteiger partial charge in [0.1, 0.15) is 6.04 Å². The van der Waals surface area contributed by atoms with E-state index in [9.17, 15) is 19.5 Å². The van der Waals surface area contributed by atoms with Crippen LogP contribution in [0.2, 0.25) is 0 Å². The molecule has 2 bridgehead atoms. The largest absolute Gasteiger partial charge is 0.466 e. The number of ether oxygens (including phenoxy) is 1. The third-order valence-corrected chi connectivity index (χ3v) is 11.3. The van der Waals surface area contributed by atoms with Gasteiger partial charge in [0.2, 0.25) is 5.91 Å². The Morgan fingerprint density at radius 2 is 1.89 bits per heavy atom. The third kappa shape index (κ3) is 4.56. The van der Waals surface area contributed by atoms with Crippen molar-refractivity contribution in [2.75, 3.05) is 42.6 Å². The Morgan fingerprint density at radius 3 is 2.45 bits per heavy atom. The maximum Gasteiger partial charge on any atom is 0.310 e. The standard InChI is InChI=1S/C28H38BrN3O5S/c1-6-14-31(19-12-10-18(11-13-19)30(7-2)8-3)26(35)24-28-15-20(29)23(38-28)21(27(36)37-9-4)22(28)25(34)32(24)17(5)16-33/h6,10-13,17,20-24,33H,1,7-9,14-16H2,2-5H3/t17-,20?,21-,22+,23-,24?,28?/m1/s1. The first-order valence-corrected chi connectivity index (χ1v) is 15.2. The molecule has 1 N–H and O–H groups in total. The number of carbonyl (C=O) groups is 3. The molecule has 3 saturated heterocycles. The molecule has 3 aliphatic rings. The Balaban J connectivity index is 1.77. The van der Waals surface area contributed by atoms with Crippen molar-refractivity contribution in [3.8, 4) is 0 Å². The summed E-state index contributed by atoms with van der Waals surface area (Å²) in [6, 6.07) is 6.44. The summed E-state index contributed by atoms with van der Waals surface area (Å²) in [5, 5.41) is 9.93. The van der Waals surface area contributed by atoms with Crippen LogP contribution in [-0.4, -0.2) is 87.5 Å². The van der Waals surface area contributed by atoms with E-state index in [0.717, 1.165) is 18.8 Å². The van der Waals surface area contributed by atoms with Gasteiger partial charge in [0.15, 0.2) is 0 Å². The Morgan fingerprint density at radius 1 is 1.26 bits per heavy atom. The van der Waals surface area contributed by atoms with E-state index in [4.69, 9.17) is 4.74 Å². The lowest BCUT2D eigenvalue weighted by Crippen LogP contribution is -2.57. The molecule has 0 saturated carbocycles. The fourth-order valence-corrected chi connectivity index (χ4v) is 10.0. The average molecular weight is 609 g/mol. The van der Waals surface area contributed by atoms with Gasteiger partial charge >= 0.3 is 5.97 Å². The summed E-state index contributed by atoms with van der Waals surface area (Å²) in [7, 11) is 0. The van der Waals surface area contributed by atoms with Gasteiger partial charge in [0.05, 0.1) is 35.8 Å². The van der Waals surface area contributed by atoms with Crippen LogP contribution in [0.1, 0.15) is 34.1 Å². The average Bonchev–Trinajstić information content (AvgIpc) is 3.51. The summed E-state index contributed by atoms with van der Waals surface area (Å²) in [6.45, 7) is 13.5. The Bertz CT molecular complexity index is 1070. The van der Waals surface area contributed by atoms with Crippen LogP contribution >= 0.6 is 27.7 Å². The molecule has 208 valence electrons. The number of rotatable bonds is 11. The number of aliphatic hydroxyl groups is 1. The van der Waals surface area contributed by atoms with Gasteiger partial charge < -0.3 is 24.5 Å². The predicted octanol–water partition coefficient (Wildman–Crippen LogP) is 3.46. The number of esters is 1. The van der Waals surface area contributed by atoms with Crippen LogP contribution in [0.4, 0.5) is 11.4 Å². The van der Waals surface area contributed by atoms with Crippen LogP contribution in [0.3, 0.4) is 0 Å². The fourth-order valence-electron chi connectivity index (χ4n) is 6.45. The number of nitrogens with zero attached hydrogens (tertiary/aromatic N) is 3. The van der Waals surface area contributed by atoms with Crippen molar-refractivity contribution in [1.29, 1.82) is 0 Å². The van der Waals surface area contributed by atoms with Gasteiger partial charge in [-0.1, -0.05) is 22.0 Å². The van der Waals surface area contributed by atoms with Crippen molar-refractivity contribution < 1.29 is 24.2 Å². The molecule has 3 fully saturated rings. The number of anilines is 2. The quantitative estimate of drug-likeness (QED) is 0.234. The van der Waals surface area contributed by atoms with Crippen molar-refractivity contribution in [2.24, 2.45) is 11.8 Å². The fraction of sp³-hybridized carbons (Fsp3) is 0.607. The number of alkyl halides is 1. The van der Waals surface area contributed by atoms with Gasteiger partial charge in [-0.2, -0.15) is 0 Å². The SMILES string of the molecule is C=CCN(C(=O)C1N([C@H](C)CO)C(=O)[C@@H]2[C@@H](C(=O)OCC)[C@@H]3SC12CC3Br)c1ccc(N(CC)CC)cc1. The molecule has 38 heavy (non-hydrogen) atoms. The number of benzene rings is 1. The molecular weight excluding hydrogens is 570 g/mol. The zero-order valence-electron chi connectivity index (χ0n) is 22.5. The van der Waals surface area contributed by atoms with E-state index in [-0.39, 0.29) is 41.6 Å². The molecule has 3 aliphatic heterocycles. The number of aliphatic hydroxyl groups excluding tert-OH is 1. The summed E-state index contributed by atoms with van der Waals surface area (Å²) in [5.41, 5.74) is 1.78. The lowest BCUT2D eigenvalue weighted by atomic mass is 9.71. The van der Waals surface area contributed by atoms with Crippen molar-refractivity contribution in [2.45, 2.75) is 61.0 Å². The highest BCUT2D eigenvalue weighted by atomic mass is 79.9. The summed E-state index contributed by atoms with van der Waals surface area (Å²) in [4.78, 5) is 47.0. The second-order valence-corrected chi connectivity index (χ2v) is 12.8. The second kappa shape index (κ2) is 11.6. The maximum absolute atomic E-state index is 14.5. The molecular formula is C28H38BrN3O5S. The van der Waals surface area contributed by atoms with E-state index in [1.165, 1.54) is 4.90 Å². The van der Waals surface area contributed by atoms with E-state index < -0.39 is 34.6 Å². The number of hydrogen-bond acceptors (Lipinski definition) is 7. The third-order valence-electron chi connectivity index (χ3n) is 8.13. The van der Waals surface area contributed by atoms with E-state index >= 15 is 0 Å². The van der Waals surface area contributed by atoms with Gasteiger partial charge in [0, 0.05) is 41.1 Å². The molecule has 1 aromatic rings. The smallest absolute Gasteiger partial charge is 0.310 e. The molecule has 0 radical (unpaired) electrons. The Kier molecular flexibility index (Phi) is 8.84. The first kappa shape index (κ1) is 29.0. The molecule has 4 rings (SSSR count). The van der Waals surface area contributed by atoms with Crippen LogP contribution < -0.4 is 9.80 Å². The molecule has 8 nitrogen and oxygen atoms in total. The van der Waals surface area contributed by atoms with Gasteiger partial charge in [-0.3, -0.25) is 14.4 Å². The number of likely N-dealkylation sites (tertiary alicyclic amines) is 1. The summed E-state index contributed by atoms with van der Waals surface area (Å²) in [6.07, 6.45) is 2.25. The molecule has 2 amide bonds. The lowest BCUT2D eigenvalue weighted by Gasteiger charge is -2.39. The first-order valence-electron chi connectivity index (χ1n) is 13.4. The maximum atomic E-state index is 14.5.